The Morgan fingerprint density at radius 3 is 2.90 bits per heavy atom. The fourth-order valence-corrected chi connectivity index (χ4v) is 2.48. The third kappa shape index (κ3) is 4.51. The molecule has 0 unspecified atom stereocenters. The van der Waals surface area contributed by atoms with Gasteiger partial charge in [-0.05, 0) is 37.6 Å². The molecule has 110 valence electrons. The van der Waals surface area contributed by atoms with E-state index in [9.17, 15) is 4.79 Å². The maximum Gasteiger partial charge on any atom is 0.251 e. The van der Waals surface area contributed by atoms with Crippen LogP contribution in [0.4, 0.5) is 0 Å². The van der Waals surface area contributed by atoms with Crippen LogP contribution in [0.15, 0.2) is 23.1 Å². The van der Waals surface area contributed by atoms with Crippen LogP contribution in [0.3, 0.4) is 0 Å². The highest BCUT2D eigenvalue weighted by atomic mass is 32.1. The Morgan fingerprint density at radius 2 is 2.15 bits per heavy atom. The molecule has 1 aliphatic rings. The number of thiol groups is 1. The zero-order valence-electron chi connectivity index (χ0n) is 11.9. The lowest BCUT2D eigenvalue weighted by Crippen LogP contribution is -2.38. The van der Waals surface area contributed by atoms with E-state index in [0.717, 1.165) is 49.7 Å². The number of amides is 1. The highest BCUT2D eigenvalue weighted by Crippen LogP contribution is 2.13. The number of hydrogen-bond donors (Lipinski definition) is 2. The average molecular weight is 294 g/mol. The maximum absolute atomic E-state index is 12.1. The molecule has 1 amide bonds. The second-order valence-electron chi connectivity index (χ2n) is 5.06. The van der Waals surface area contributed by atoms with E-state index >= 15 is 0 Å². The SMILES string of the molecule is Cc1ccc(S)cc1C(=O)NCCCN1CCOCC1. The molecule has 1 fully saturated rings. The van der Waals surface area contributed by atoms with E-state index < -0.39 is 0 Å². The number of nitrogens with one attached hydrogen (secondary N) is 1. The molecule has 0 aromatic heterocycles. The van der Waals surface area contributed by atoms with Crippen LogP contribution in [-0.4, -0.2) is 50.2 Å². The van der Waals surface area contributed by atoms with Gasteiger partial charge in [-0.1, -0.05) is 6.07 Å². The fraction of sp³-hybridized carbons (Fsp3) is 0.533. The minimum absolute atomic E-state index is 0.0135. The third-order valence-electron chi connectivity index (χ3n) is 3.51. The topological polar surface area (TPSA) is 41.6 Å². The number of hydrogen-bond acceptors (Lipinski definition) is 4. The summed E-state index contributed by atoms with van der Waals surface area (Å²) in [6.45, 7) is 7.28. The molecule has 20 heavy (non-hydrogen) atoms. The van der Waals surface area contributed by atoms with Crippen LogP contribution in [-0.2, 0) is 4.74 Å². The summed E-state index contributed by atoms with van der Waals surface area (Å²) in [5, 5.41) is 2.98. The van der Waals surface area contributed by atoms with Crippen LogP contribution in [0, 0.1) is 6.92 Å². The normalized spacial score (nSPS) is 16.1. The molecule has 1 N–H and O–H groups in total. The predicted molar refractivity (Wildman–Crippen MR) is 82.6 cm³/mol. The summed E-state index contributed by atoms with van der Waals surface area (Å²) in [5.74, 6) is -0.0135. The molecule has 0 bridgehead atoms. The van der Waals surface area contributed by atoms with Gasteiger partial charge in [-0.3, -0.25) is 9.69 Å². The van der Waals surface area contributed by atoms with Crippen LogP contribution >= 0.6 is 12.6 Å². The van der Waals surface area contributed by atoms with Gasteiger partial charge in [0.1, 0.15) is 0 Å². The molecule has 0 radical (unpaired) electrons. The summed E-state index contributed by atoms with van der Waals surface area (Å²) in [7, 11) is 0. The molecule has 1 aromatic carbocycles. The molecule has 0 atom stereocenters. The quantitative estimate of drug-likeness (QED) is 0.642. The van der Waals surface area contributed by atoms with Gasteiger partial charge in [0.25, 0.3) is 5.91 Å². The summed E-state index contributed by atoms with van der Waals surface area (Å²) in [5.41, 5.74) is 1.69. The molecule has 5 heteroatoms. The van der Waals surface area contributed by atoms with Gasteiger partial charge < -0.3 is 10.1 Å². The number of benzene rings is 1. The van der Waals surface area contributed by atoms with Gasteiger partial charge in [-0.25, -0.2) is 0 Å². The molecule has 2 rings (SSSR count). The van der Waals surface area contributed by atoms with E-state index in [1.165, 1.54) is 0 Å². The van der Waals surface area contributed by atoms with Crippen LogP contribution in [0.2, 0.25) is 0 Å². The Hall–Kier alpha value is -1.04. The molecule has 1 saturated heterocycles. The van der Waals surface area contributed by atoms with Gasteiger partial charge in [0, 0.05) is 30.1 Å². The van der Waals surface area contributed by atoms with Crippen LogP contribution in [0.1, 0.15) is 22.3 Å². The van der Waals surface area contributed by atoms with Gasteiger partial charge in [-0.15, -0.1) is 12.6 Å². The second-order valence-corrected chi connectivity index (χ2v) is 5.58. The molecule has 1 aromatic rings. The highest BCUT2D eigenvalue weighted by molar-refractivity contribution is 7.80. The average Bonchev–Trinajstić information content (AvgIpc) is 2.47. The van der Waals surface area contributed by atoms with Crippen molar-refractivity contribution in [3.05, 3.63) is 29.3 Å². The summed E-state index contributed by atoms with van der Waals surface area (Å²) in [6, 6.07) is 5.63. The molecular weight excluding hydrogens is 272 g/mol. The first-order valence-electron chi connectivity index (χ1n) is 7.05. The maximum atomic E-state index is 12.1. The zero-order chi connectivity index (χ0) is 14.4. The van der Waals surface area contributed by atoms with Crippen molar-refractivity contribution in [2.45, 2.75) is 18.2 Å². The Bertz CT molecular complexity index is 459. The van der Waals surface area contributed by atoms with Gasteiger partial charge >= 0.3 is 0 Å². The molecule has 0 aliphatic carbocycles. The lowest BCUT2D eigenvalue weighted by molar-refractivity contribution is 0.0374. The Kier molecular flexibility index (Phi) is 5.88. The van der Waals surface area contributed by atoms with E-state index in [-0.39, 0.29) is 5.91 Å². The van der Waals surface area contributed by atoms with E-state index in [2.05, 4.69) is 22.8 Å². The summed E-state index contributed by atoms with van der Waals surface area (Å²) in [4.78, 5) is 15.3. The van der Waals surface area contributed by atoms with E-state index in [1.54, 1.807) is 0 Å². The monoisotopic (exact) mass is 294 g/mol. The first-order chi connectivity index (χ1) is 9.66. The number of carbonyl (C=O) groups excluding carboxylic acids is 1. The summed E-state index contributed by atoms with van der Waals surface area (Å²) < 4.78 is 5.31. The first-order valence-corrected chi connectivity index (χ1v) is 7.49. The van der Waals surface area contributed by atoms with Crippen LogP contribution in [0.25, 0.3) is 0 Å². The fourth-order valence-electron chi connectivity index (χ4n) is 2.28. The first kappa shape index (κ1) is 15.4. The largest absolute Gasteiger partial charge is 0.379 e. The standard InChI is InChI=1S/C15H22N2O2S/c1-12-3-4-13(20)11-14(12)15(18)16-5-2-6-17-7-9-19-10-8-17/h3-4,11,20H,2,5-10H2,1H3,(H,16,18). The van der Waals surface area contributed by atoms with Crippen molar-refractivity contribution in [2.75, 3.05) is 39.4 Å². The van der Waals surface area contributed by atoms with Crippen LogP contribution < -0.4 is 5.32 Å². The second kappa shape index (κ2) is 7.67. The highest BCUT2D eigenvalue weighted by Gasteiger charge is 2.11. The number of carbonyl (C=O) groups is 1. The van der Waals surface area contributed by atoms with Crippen molar-refractivity contribution in [2.24, 2.45) is 0 Å². The number of aryl methyl sites for hydroxylation is 1. The van der Waals surface area contributed by atoms with Crippen molar-refractivity contribution < 1.29 is 9.53 Å². The Labute approximate surface area is 125 Å². The van der Waals surface area contributed by atoms with Gasteiger partial charge in [-0.2, -0.15) is 0 Å². The summed E-state index contributed by atoms with van der Waals surface area (Å²) in [6.07, 6.45) is 0.964. The van der Waals surface area contributed by atoms with Crippen molar-refractivity contribution >= 4 is 18.5 Å². The third-order valence-corrected chi connectivity index (χ3v) is 3.78. The van der Waals surface area contributed by atoms with Crippen molar-refractivity contribution in [3.63, 3.8) is 0 Å². The molecule has 1 heterocycles. The van der Waals surface area contributed by atoms with Crippen molar-refractivity contribution in [1.82, 2.24) is 10.2 Å². The molecule has 0 saturated carbocycles. The van der Waals surface area contributed by atoms with E-state index in [1.807, 2.05) is 25.1 Å². The van der Waals surface area contributed by atoms with E-state index in [0.29, 0.717) is 12.1 Å². The smallest absolute Gasteiger partial charge is 0.251 e. The van der Waals surface area contributed by atoms with E-state index in [4.69, 9.17) is 4.74 Å². The molecule has 1 aliphatic heterocycles. The Balaban J connectivity index is 1.73. The van der Waals surface area contributed by atoms with Gasteiger partial charge in [0.15, 0.2) is 0 Å². The minimum Gasteiger partial charge on any atom is -0.379 e. The Morgan fingerprint density at radius 1 is 1.40 bits per heavy atom. The number of nitrogens with zero attached hydrogens (tertiary/aromatic N) is 1. The minimum atomic E-state index is -0.0135. The zero-order valence-corrected chi connectivity index (χ0v) is 12.8. The summed E-state index contributed by atoms with van der Waals surface area (Å²) >= 11 is 4.28. The number of morpholine rings is 1. The van der Waals surface area contributed by atoms with Crippen molar-refractivity contribution in [3.8, 4) is 0 Å². The molecule has 4 nitrogen and oxygen atoms in total. The lowest BCUT2D eigenvalue weighted by atomic mass is 10.1. The molecular formula is C15H22N2O2S. The number of ether oxygens (including phenoxy) is 1. The van der Waals surface area contributed by atoms with Gasteiger partial charge in [0.2, 0.25) is 0 Å². The van der Waals surface area contributed by atoms with Crippen LogP contribution in [0.5, 0.6) is 0 Å². The predicted octanol–water partition coefficient (Wildman–Crippen LogP) is 1.74. The van der Waals surface area contributed by atoms with Crippen molar-refractivity contribution in [1.29, 1.82) is 0 Å². The number of rotatable bonds is 5. The lowest BCUT2D eigenvalue weighted by Gasteiger charge is -2.26. The van der Waals surface area contributed by atoms with Gasteiger partial charge in [0.05, 0.1) is 13.2 Å². The molecule has 0 spiro atoms.